The molecular weight excluding hydrogens is 348 g/mol. The standard InChI is InChI=1S/C19H24N4O4/c1-12-10-13(2)22-19(21-12)20-9-3-4-17(25)23-16(18(26)27)11-14-5-7-15(24)8-6-14/h5-8,10,16,24H,3-4,9,11H2,1-2H3,(H,23,25)(H,26,27)(H,20,21,22). The van der Waals surface area contributed by atoms with Gasteiger partial charge in [0.05, 0.1) is 0 Å². The second-order valence-corrected chi connectivity index (χ2v) is 6.33. The highest BCUT2D eigenvalue weighted by Gasteiger charge is 2.20. The Labute approximate surface area is 157 Å². The van der Waals surface area contributed by atoms with Gasteiger partial charge in [0.15, 0.2) is 0 Å². The van der Waals surface area contributed by atoms with Crippen molar-refractivity contribution >= 4 is 17.8 Å². The Morgan fingerprint density at radius 1 is 1.11 bits per heavy atom. The lowest BCUT2D eigenvalue weighted by atomic mass is 10.1. The van der Waals surface area contributed by atoms with E-state index in [9.17, 15) is 19.8 Å². The molecule has 0 fully saturated rings. The molecule has 0 spiro atoms. The number of phenols is 1. The first kappa shape index (κ1) is 20.2. The third kappa shape index (κ3) is 6.93. The predicted octanol–water partition coefficient (Wildman–Crippen LogP) is 1.80. The molecule has 0 aliphatic heterocycles. The largest absolute Gasteiger partial charge is 0.508 e. The molecule has 0 aliphatic rings. The molecule has 4 N–H and O–H groups in total. The molecule has 1 aromatic heterocycles. The quantitative estimate of drug-likeness (QED) is 0.495. The van der Waals surface area contributed by atoms with Crippen molar-refractivity contribution in [3.05, 3.63) is 47.3 Å². The molecular formula is C19H24N4O4. The highest BCUT2D eigenvalue weighted by atomic mass is 16.4. The average molecular weight is 372 g/mol. The molecule has 1 heterocycles. The number of benzene rings is 1. The van der Waals surface area contributed by atoms with E-state index in [0.29, 0.717) is 24.5 Å². The van der Waals surface area contributed by atoms with E-state index in [0.717, 1.165) is 11.4 Å². The summed E-state index contributed by atoms with van der Waals surface area (Å²) >= 11 is 0. The van der Waals surface area contributed by atoms with Crippen LogP contribution in [0, 0.1) is 13.8 Å². The van der Waals surface area contributed by atoms with Crippen molar-refractivity contribution in [3.8, 4) is 5.75 Å². The lowest BCUT2D eigenvalue weighted by Crippen LogP contribution is -2.42. The Hall–Kier alpha value is -3.16. The number of rotatable bonds is 9. The van der Waals surface area contributed by atoms with Gasteiger partial charge >= 0.3 is 5.97 Å². The van der Waals surface area contributed by atoms with Crippen molar-refractivity contribution in [3.63, 3.8) is 0 Å². The number of amides is 1. The summed E-state index contributed by atoms with van der Waals surface area (Å²) in [4.78, 5) is 32.0. The molecule has 144 valence electrons. The summed E-state index contributed by atoms with van der Waals surface area (Å²) in [6.07, 6.45) is 0.862. The SMILES string of the molecule is Cc1cc(C)nc(NCCCC(=O)NC(Cc2ccc(O)cc2)C(=O)O)n1. The van der Waals surface area contributed by atoms with Crippen LogP contribution in [0.15, 0.2) is 30.3 Å². The van der Waals surface area contributed by atoms with Crippen LogP contribution in [0.1, 0.15) is 29.8 Å². The Balaban J connectivity index is 1.78. The zero-order valence-electron chi connectivity index (χ0n) is 15.4. The van der Waals surface area contributed by atoms with Crippen LogP contribution in [0.4, 0.5) is 5.95 Å². The number of carboxylic acid groups (broad SMARTS) is 1. The maximum Gasteiger partial charge on any atom is 0.326 e. The topological polar surface area (TPSA) is 124 Å². The number of hydrogen-bond acceptors (Lipinski definition) is 6. The van der Waals surface area contributed by atoms with Gasteiger partial charge in [-0.15, -0.1) is 0 Å². The van der Waals surface area contributed by atoms with Gasteiger partial charge in [-0.1, -0.05) is 12.1 Å². The number of aliphatic carboxylic acids is 1. The maximum atomic E-state index is 12.0. The van der Waals surface area contributed by atoms with Crippen molar-refractivity contribution in [1.29, 1.82) is 0 Å². The molecule has 1 unspecified atom stereocenters. The number of aromatic hydroxyl groups is 1. The second kappa shape index (κ2) is 9.51. The summed E-state index contributed by atoms with van der Waals surface area (Å²) in [6.45, 7) is 4.27. The molecule has 2 rings (SSSR count). The van der Waals surface area contributed by atoms with Gasteiger partial charge in [0.2, 0.25) is 11.9 Å². The van der Waals surface area contributed by atoms with E-state index >= 15 is 0 Å². The third-order valence-corrected chi connectivity index (χ3v) is 3.86. The smallest absolute Gasteiger partial charge is 0.326 e. The zero-order chi connectivity index (χ0) is 19.8. The van der Waals surface area contributed by atoms with E-state index < -0.39 is 12.0 Å². The average Bonchev–Trinajstić information content (AvgIpc) is 2.59. The van der Waals surface area contributed by atoms with Crippen molar-refractivity contribution in [1.82, 2.24) is 15.3 Å². The zero-order valence-corrected chi connectivity index (χ0v) is 15.4. The fraction of sp³-hybridized carbons (Fsp3) is 0.368. The molecule has 1 atom stereocenters. The Bertz CT molecular complexity index is 773. The summed E-state index contributed by atoms with van der Waals surface area (Å²) in [7, 11) is 0. The number of hydrogen-bond donors (Lipinski definition) is 4. The highest BCUT2D eigenvalue weighted by Crippen LogP contribution is 2.11. The first-order valence-electron chi connectivity index (χ1n) is 8.69. The first-order valence-corrected chi connectivity index (χ1v) is 8.69. The number of nitrogens with one attached hydrogen (secondary N) is 2. The van der Waals surface area contributed by atoms with Gasteiger partial charge < -0.3 is 20.8 Å². The number of aryl methyl sites for hydroxylation is 2. The molecule has 8 nitrogen and oxygen atoms in total. The van der Waals surface area contributed by atoms with Crippen LogP contribution in [0.5, 0.6) is 5.75 Å². The number of aromatic nitrogens is 2. The lowest BCUT2D eigenvalue weighted by Gasteiger charge is -2.15. The Morgan fingerprint density at radius 3 is 2.33 bits per heavy atom. The van der Waals surface area contributed by atoms with Crippen molar-refractivity contribution < 1.29 is 19.8 Å². The van der Waals surface area contributed by atoms with Gasteiger partial charge in [0, 0.05) is 30.8 Å². The lowest BCUT2D eigenvalue weighted by molar-refractivity contribution is -0.141. The van der Waals surface area contributed by atoms with Crippen LogP contribution in [0.3, 0.4) is 0 Å². The van der Waals surface area contributed by atoms with Crippen LogP contribution in [0.25, 0.3) is 0 Å². The van der Waals surface area contributed by atoms with Crippen LogP contribution < -0.4 is 10.6 Å². The minimum absolute atomic E-state index is 0.106. The fourth-order valence-electron chi connectivity index (χ4n) is 2.59. The fourth-order valence-corrected chi connectivity index (χ4v) is 2.59. The van der Waals surface area contributed by atoms with Crippen LogP contribution in [0.2, 0.25) is 0 Å². The van der Waals surface area contributed by atoms with Gasteiger partial charge in [-0.2, -0.15) is 0 Å². The van der Waals surface area contributed by atoms with Gasteiger partial charge in [-0.3, -0.25) is 4.79 Å². The first-order chi connectivity index (χ1) is 12.8. The summed E-state index contributed by atoms with van der Waals surface area (Å²) in [5, 5.41) is 24.2. The van der Waals surface area contributed by atoms with E-state index in [2.05, 4.69) is 20.6 Å². The molecule has 2 aromatic rings. The predicted molar refractivity (Wildman–Crippen MR) is 101 cm³/mol. The van der Waals surface area contributed by atoms with E-state index in [1.807, 2.05) is 19.9 Å². The van der Waals surface area contributed by atoms with E-state index in [1.54, 1.807) is 12.1 Å². The maximum absolute atomic E-state index is 12.0. The molecule has 1 amide bonds. The number of nitrogens with zero attached hydrogens (tertiary/aromatic N) is 2. The van der Waals surface area contributed by atoms with Crippen molar-refractivity contribution in [2.24, 2.45) is 0 Å². The van der Waals surface area contributed by atoms with Gasteiger partial charge in [0.25, 0.3) is 0 Å². The molecule has 8 heteroatoms. The van der Waals surface area contributed by atoms with Gasteiger partial charge in [0.1, 0.15) is 11.8 Å². The monoisotopic (exact) mass is 372 g/mol. The van der Waals surface area contributed by atoms with Gasteiger partial charge in [-0.05, 0) is 44.0 Å². The second-order valence-electron chi connectivity index (χ2n) is 6.33. The molecule has 0 saturated carbocycles. The number of phenolic OH excluding ortho intramolecular Hbond substituents is 1. The Morgan fingerprint density at radius 2 is 1.74 bits per heavy atom. The van der Waals surface area contributed by atoms with Crippen molar-refractivity contribution in [2.45, 2.75) is 39.2 Å². The van der Waals surface area contributed by atoms with Crippen LogP contribution in [-0.4, -0.2) is 44.6 Å². The summed E-state index contributed by atoms with van der Waals surface area (Å²) in [5.74, 6) is -0.805. The minimum Gasteiger partial charge on any atom is -0.508 e. The van der Waals surface area contributed by atoms with E-state index in [4.69, 9.17) is 0 Å². The highest BCUT2D eigenvalue weighted by molar-refractivity contribution is 5.83. The third-order valence-electron chi connectivity index (χ3n) is 3.86. The van der Waals surface area contributed by atoms with Gasteiger partial charge in [-0.25, -0.2) is 14.8 Å². The molecule has 0 aliphatic carbocycles. The number of carbonyl (C=O) groups is 2. The van der Waals surface area contributed by atoms with E-state index in [1.165, 1.54) is 12.1 Å². The minimum atomic E-state index is -1.10. The summed E-state index contributed by atoms with van der Waals surface area (Å²) < 4.78 is 0. The molecule has 0 radical (unpaired) electrons. The number of carboxylic acids is 1. The normalized spacial score (nSPS) is 11.6. The van der Waals surface area contributed by atoms with Crippen LogP contribution in [-0.2, 0) is 16.0 Å². The molecule has 1 aromatic carbocycles. The van der Waals surface area contributed by atoms with Crippen LogP contribution >= 0.6 is 0 Å². The number of carbonyl (C=O) groups excluding carboxylic acids is 1. The Kier molecular flexibility index (Phi) is 7.10. The summed E-state index contributed by atoms with van der Waals surface area (Å²) in [5.41, 5.74) is 2.44. The molecule has 27 heavy (non-hydrogen) atoms. The van der Waals surface area contributed by atoms with Crippen molar-refractivity contribution in [2.75, 3.05) is 11.9 Å². The van der Waals surface area contributed by atoms with E-state index in [-0.39, 0.29) is 24.5 Å². The molecule has 0 bridgehead atoms. The molecule has 0 saturated heterocycles. The summed E-state index contributed by atoms with van der Waals surface area (Å²) in [6, 6.07) is 7.08. The number of anilines is 1.